The zero-order valence-corrected chi connectivity index (χ0v) is 14.2. The van der Waals surface area contributed by atoms with Gasteiger partial charge in [-0.15, -0.1) is 0 Å². The third-order valence-electron chi connectivity index (χ3n) is 4.17. The average molecular weight is 369 g/mol. The van der Waals surface area contributed by atoms with Crippen LogP contribution in [0, 0.1) is 6.92 Å². The normalized spacial score (nSPS) is 11.9. The van der Waals surface area contributed by atoms with Gasteiger partial charge in [0, 0.05) is 23.0 Å². The van der Waals surface area contributed by atoms with E-state index in [-0.39, 0.29) is 5.69 Å². The summed E-state index contributed by atoms with van der Waals surface area (Å²) in [6, 6.07) is 10.4. The van der Waals surface area contributed by atoms with Crippen LogP contribution in [0.4, 0.5) is 24.7 Å². The highest BCUT2D eigenvalue weighted by atomic mass is 19.4. The van der Waals surface area contributed by atoms with Crippen molar-refractivity contribution in [2.24, 2.45) is 0 Å². The minimum atomic E-state index is -4.54. The number of benzene rings is 1. The number of nitrogens with one attached hydrogen (secondary N) is 2. The Labute approximate surface area is 152 Å². The van der Waals surface area contributed by atoms with Crippen molar-refractivity contribution in [3.05, 3.63) is 60.6 Å². The van der Waals surface area contributed by atoms with Crippen molar-refractivity contribution in [1.29, 1.82) is 0 Å². The number of aromatic amines is 1. The molecular formula is C19H14F3N5. The maximum absolute atomic E-state index is 13.1. The number of pyridine rings is 2. The first-order chi connectivity index (χ1) is 12.8. The molecule has 0 bridgehead atoms. The first kappa shape index (κ1) is 17.0. The number of aromatic nitrogens is 4. The van der Waals surface area contributed by atoms with E-state index < -0.39 is 11.7 Å². The van der Waals surface area contributed by atoms with E-state index in [9.17, 15) is 13.2 Å². The SMILES string of the molecule is C=C(c1nc(C)cc2cc(Nc3n[nH]c4cccnc34)ccc12)C(F)(F)F. The van der Waals surface area contributed by atoms with Gasteiger partial charge in [-0.25, -0.2) is 0 Å². The molecular weight excluding hydrogens is 355 g/mol. The van der Waals surface area contributed by atoms with E-state index in [1.165, 1.54) is 0 Å². The zero-order valence-electron chi connectivity index (χ0n) is 14.2. The number of nitrogens with zero attached hydrogens (tertiary/aromatic N) is 3. The van der Waals surface area contributed by atoms with E-state index in [4.69, 9.17) is 0 Å². The molecule has 3 aromatic heterocycles. The molecule has 4 rings (SSSR count). The van der Waals surface area contributed by atoms with Crippen LogP contribution in [-0.4, -0.2) is 26.3 Å². The molecule has 0 aliphatic rings. The van der Waals surface area contributed by atoms with Gasteiger partial charge in [0.2, 0.25) is 0 Å². The second-order valence-electron chi connectivity index (χ2n) is 6.12. The molecule has 0 amide bonds. The molecule has 0 fully saturated rings. The standard InChI is InChI=1S/C19H14F3N5/c1-10-8-12-9-13(25-18-17-15(26-27-18)4-3-7-23-17)5-6-14(12)16(24-10)11(2)19(20,21)22/h3-9H,2H2,1H3,(H2,25,26,27). The minimum absolute atomic E-state index is 0.157. The molecule has 0 saturated heterocycles. The van der Waals surface area contributed by atoms with Gasteiger partial charge >= 0.3 is 6.18 Å². The second kappa shape index (κ2) is 6.08. The fraction of sp³-hybridized carbons (Fsp3) is 0.105. The number of aryl methyl sites for hydroxylation is 1. The van der Waals surface area contributed by atoms with Crippen molar-refractivity contribution in [2.75, 3.05) is 5.32 Å². The summed E-state index contributed by atoms with van der Waals surface area (Å²) in [5.74, 6) is 0.538. The highest BCUT2D eigenvalue weighted by Crippen LogP contribution is 2.36. The number of rotatable bonds is 3. The van der Waals surface area contributed by atoms with Crippen molar-refractivity contribution in [3.8, 4) is 0 Å². The Balaban J connectivity index is 1.78. The summed E-state index contributed by atoms with van der Waals surface area (Å²) in [4.78, 5) is 8.32. The maximum atomic E-state index is 13.1. The summed E-state index contributed by atoms with van der Waals surface area (Å²) < 4.78 is 39.3. The number of alkyl halides is 3. The molecule has 0 aliphatic carbocycles. The van der Waals surface area contributed by atoms with Crippen LogP contribution in [0.1, 0.15) is 11.4 Å². The number of hydrogen-bond acceptors (Lipinski definition) is 4. The summed E-state index contributed by atoms with van der Waals surface area (Å²) in [5.41, 5.74) is 1.50. The van der Waals surface area contributed by atoms with Crippen molar-refractivity contribution < 1.29 is 13.2 Å². The first-order valence-electron chi connectivity index (χ1n) is 8.07. The lowest BCUT2D eigenvalue weighted by atomic mass is 10.0. The number of allylic oxidation sites excluding steroid dienone is 1. The molecule has 5 nitrogen and oxygen atoms in total. The molecule has 2 N–H and O–H groups in total. The predicted octanol–water partition coefficient (Wildman–Crippen LogP) is 5.13. The quantitative estimate of drug-likeness (QED) is 0.525. The largest absolute Gasteiger partial charge is 0.417 e. The van der Waals surface area contributed by atoms with Crippen LogP contribution in [-0.2, 0) is 0 Å². The first-order valence-corrected chi connectivity index (χ1v) is 8.07. The Morgan fingerprint density at radius 2 is 2.00 bits per heavy atom. The van der Waals surface area contributed by atoms with Crippen LogP contribution >= 0.6 is 0 Å². The average Bonchev–Trinajstić information content (AvgIpc) is 3.02. The molecule has 8 heteroatoms. The molecule has 3 heterocycles. The van der Waals surface area contributed by atoms with Crippen LogP contribution in [0.5, 0.6) is 0 Å². The highest BCUT2D eigenvalue weighted by Gasteiger charge is 2.34. The molecule has 0 atom stereocenters. The summed E-state index contributed by atoms with van der Waals surface area (Å²) in [5, 5.41) is 11.2. The third kappa shape index (κ3) is 3.10. The van der Waals surface area contributed by atoms with Gasteiger partial charge in [0.15, 0.2) is 5.82 Å². The lowest BCUT2D eigenvalue weighted by Gasteiger charge is -2.14. The van der Waals surface area contributed by atoms with E-state index in [1.54, 1.807) is 43.5 Å². The van der Waals surface area contributed by atoms with Crippen LogP contribution in [0.3, 0.4) is 0 Å². The number of hydrogen-bond donors (Lipinski definition) is 2. The maximum Gasteiger partial charge on any atom is 0.417 e. The fourth-order valence-corrected chi connectivity index (χ4v) is 2.91. The molecule has 0 aliphatic heterocycles. The molecule has 0 spiro atoms. The van der Waals surface area contributed by atoms with E-state index in [0.717, 1.165) is 5.52 Å². The molecule has 136 valence electrons. The fourth-order valence-electron chi connectivity index (χ4n) is 2.91. The third-order valence-corrected chi connectivity index (χ3v) is 4.17. The monoisotopic (exact) mass is 369 g/mol. The van der Waals surface area contributed by atoms with Crippen LogP contribution in [0.2, 0.25) is 0 Å². The van der Waals surface area contributed by atoms with Crippen LogP contribution < -0.4 is 5.32 Å². The molecule has 0 unspecified atom stereocenters. The van der Waals surface area contributed by atoms with Gasteiger partial charge in [-0.3, -0.25) is 15.1 Å². The van der Waals surface area contributed by atoms with Gasteiger partial charge < -0.3 is 5.32 Å². The topological polar surface area (TPSA) is 66.5 Å². The van der Waals surface area contributed by atoms with Gasteiger partial charge in [-0.2, -0.15) is 18.3 Å². The van der Waals surface area contributed by atoms with Gasteiger partial charge in [-0.05, 0) is 42.6 Å². The number of H-pyrrole nitrogens is 1. The Kier molecular flexibility index (Phi) is 3.83. The van der Waals surface area contributed by atoms with E-state index >= 15 is 0 Å². The van der Waals surface area contributed by atoms with E-state index in [1.807, 2.05) is 6.07 Å². The number of fused-ring (bicyclic) bond motifs is 2. The summed E-state index contributed by atoms with van der Waals surface area (Å²) >= 11 is 0. The smallest absolute Gasteiger partial charge is 0.337 e. The lowest BCUT2D eigenvalue weighted by Crippen LogP contribution is -2.11. The summed E-state index contributed by atoms with van der Waals surface area (Å²) in [6.07, 6.45) is -2.88. The van der Waals surface area contributed by atoms with Gasteiger partial charge in [0.1, 0.15) is 5.52 Å². The minimum Gasteiger partial charge on any atom is -0.337 e. The van der Waals surface area contributed by atoms with Crippen molar-refractivity contribution in [1.82, 2.24) is 20.2 Å². The summed E-state index contributed by atoms with van der Waals surface area (Å²) in [7, 11) is 0. The highest BCUT2D eigenvalue weighted by molar-refractivity contribution is 5.96. The van der Waals surface area contributed by atoms with Gasteiger partial charge in [0.25, 0.3) is 0 Å². The predicted molar refractivity (Wildman–Crippen MR) is 98.7 cm³/mol. The molecule has 4 aromatic rings. The molecule has 0 saturated carbocycles. The van der Waals surface area contributed by atoms with Crippen molar-refractivity contribution >= 4 is 38.9 Å². The van der Waals surface area contributed by atoms with Crippen molar-refractivity contribution in [3.63, 3.8) is 0 Å². The van der Waals surface area contributed by atoms with Crippen LogP contribution in [0.15, 0.2) is 49.2 Å². The van der Waals surface area contributed by atoms with Crippen molar-refractivity contribution in [2.45, 2.75) is 13.1 Å². The number of halogens is 3. The molecule has 1 aromatic carbocycles. The lowest BCUT2D eigenvalue weighted by molar-refractivity contribution is -0.0688. The Morgan fingerprint density at radius 3 is 2.78 bits per heavy atom. The van der Waals surface area contributed by atoms with Gasteiger partial charge in [0.05, 0.1) is 16.8 Å². The van der Waals surface area contributed by atoms with E-state index in [0.29, 0.717) is 33.5 Å². The van der Waals surface area contributed by atoms with E-state index in [2.05, 4.69) is 32.1 Å². The number of anilines is 2. The molecule has 0 radical (unpaired) electrons. The Hall–Kier alpha value is -3.42. The van der Waals surface area contributed by atoms with Gasteiger partial charge in [-0.1, -0.05) is 12.6 Å². The Bertz CT molecular complexity index is 1180. The molecule has 27 heavy (non-hydrogen) atoms. The summed E-state index contributed by atoms with van der Waals surface area (Å²) in [6.45, 7) is 4.83. The Morgan fingerprint density at radius 1 is 1.19 bits per heavy atom. The zero-order chi connectivity index (χ0) is 19.2. The van der Waals surface area contributed by atoms with Crippen LogP contribution in [0.25, 0.3) is 27.4 Å². The second-order valence-corrected chi connectivity index (χ2v) is 6.12.